The largest absolute Gasteiger partial charge is 0.363 e. The van der Waals surface area contributed by atoms with Gasteiger partial charge in [0.2, 0.25) is 20.8 Å². The Hall–Kier alpha value is -2.22. The second-order valence-electron chi connectivity index (χ2n) is 3.64. The van der Waals surface area contributed by atoms with Gasteiger partial charge in [-0.25, -0.2) is 13.5 Å². The van der Waals surface area contributed by atoms with E-state index in [1.54, 1.807) is 12.1 Å². The Morgan fingerprint density at radius 3 is 2.39 bits per heavy atom. The van der Waals surface area contributed by atoms with Crippen LogP contribution in [0.15, 0.2) is 34.3 Å². The smallest absolute Gasteiger partial charge is 0.288 e. The third-order valence-corrected chi connectivity index (χ3v) is 3.86. The number of carbonyl (C=O) groups excluding carboxylic acids is 1. The minimum atomic E-state index is -3.81. The zero-order valence-electron chi connectivity index (χ0n) is 9.41. The first-order chi connectivity index (χ1) is 8.41. The minimum absolute atomic E-state index is 0.0697. The van der Waals surface area contributed by atoms with Crippen molar-refractivity contribution in [3.05, 3.63) is 35.7 Å². The second kappa shape index (κ2) is 4.22. The third kappa shape index (κ3) is 2.09. The van der Waals surface area contributed by atoms with Crippen LogP contribution in [0.2, 0.25) is 0 Å². The maximum absolute atomic E-state index is 12.1. The Morgan fingerprint density at radius 2 is 1.89 bits per heavy atom. The number of nitrogens with two attached hydrogens (primary N) is 1. The van der Waals surface area contributed by atoms with Crippen LogP contribution in [0, 0.1) is 6.92 Å². The summed E-state index contributed by atoms with van der Waals surface area (Å²) < 4.78 is 24.2. The number of primary amides is 1. The monoisotopic (exact) mass is 266 g/mol. The number of benzene rings is 1. The molecule has 7 nitrogen and oxygen atoms in total. The highest BCUT2D eigenvalue weighted by atomic mass is 32.2. The van der Waals surface area contributed by atoms with Crippen molar-refractivity contribution >= 4 is 15.7 Å². The van der Waals surface area contributed by atoms with Gasteiger partial charge in [0.1, 0.15) is 0 Å². The highest BCUT2D eigenvalue weighted by molar-refractivity contribution is 7.91. The zero-order chi connectivity index (χ0) is 13.3. The van der Waals surface area contributed by atoms with Gasteiger partial charge in [0.25, 0.3) is 5.91 Å². The first-order valence-corrected chi connectivity index (χ1v) is 6.43. The average molecular weight is 266 g/mol. The number of H-pyrrole nitrogens is 1. The molecule has 0 atom stereocenters. The van der Waals surface area contributed by atoms with Gasteiger partial charge in [-0.2, -0.15) is 4.98 Å². The molecule has 1 heterocycles. The summed E-state index contributed by atoms with van der Waals surface area (Å²) in [6.07, 6.45) is 0. The average Bonchev–Trinajstić information content (AvgIpc) is 2.79. The van der Waals surface area contributed by atoms with Crippen LogP contribution >= 0.6 is 0 Å². The molecule has 0 saturated heterocycles. The Balaban J connectivity index is 2.47. The number of nitrogens with one attached hydrogen (secondary N) is 1. The lowest BCUT2D eigenvalue weighted by atomic mass is 10.2. The minimum Gasteiger partial charge on any atom is -0.363 e. The molecule has 3 N–H and O–H groups in total. The van der Waals surface area contributed by atoms with E-state index in [0.29, 0.717) is 0 Å². The highest BCUT2D eigenvalue weighted by Crippen LogP contribution is 2.17. The molecule has 18 heavy (non-hydrogen) atoms. The van der Waals surface area contributed by atoms with Crippen LogP contribution < -0.4 is 5.73 Å². The van der Waals surface area contributed by atoms with Crippen LogP contribution in [0.4, 0.5) is 0 Å². The molecule has 1 aromatic carbocycles. The number of hydrogen-bond donors (Lipinski definition) is 2. The maximum Gasteiger partial charge on any atom is 0.288 e. The molecular weight excluding hydrogens is 256 g/mol. The van der Waals surface area contributed by atoms with Gasteiger partial charge in [0, 0.05) is 0 Å². The van der Waals surface area contributed by atoms with Gasteiger partial charge in [-0.3, -0.25) is 4.79 Å². The summed E-state index contributed by atoms with van der Waals surface area (Å²) in [5.74, 6) is -1.25. The van der Waals surface area contributed by atoms with Crippen molar-refractivity contribution in [3.63, 3.8) is 0 Å². The first kappa shape index (κ1) is 12.2. The molecule has 2 rings (SSSR count). The second-order valence-corrected chi connectivity index (χ2v) is 5.51. The third-order valence-electron chi connectivity index (χ3n) is 2.27. The fourth-order valence-electron chi connectivity index (χ4n) is 1.31. The van der Waals surface area contributed by atoms with Gasteiger partial charge in [-0.05, 0) is 19.1 Å². The number of nitrogens with zero attached hydrogens (tertiary/aromatic N) is 2. The van der Waals surface area contributed by atoms with Crippen LogP contribution in [-0.4, -0.2) is 29.5 Å². The van der Waals surface area contributed by atoms with E-state index in [1.807, 2.05) is 6.92 Å². The topological polar surface area (TPSA) is 119 Å². The lowest BCUT2D eigenvalue weighted by Gasteiger charge is -2.00. The van der Waals surface area contributed by atoms with E-state index in [0.717, 1.165) is 5.56 Å². The SMILES string of the molecule is Cc1ccc(S(=O)(=O)c2nc(C(N)=O)n[nH]2)cc1. The van der Waals surface area contributed by atoms with Gasteiger partial charge in [-0.1, -0.05) is 17.7 Å². The summed E-state index contributed by atoms with van der Waals surface area (Å²) in [5.41, 5.74) is 5.88. The predicted octanol–water partition coefficient (Wildman–Crippen LogP) is 0.0448. The molecular formula is C10H10N4O3S. The van der Waals surface area contributed by atoms with Crippen LogP contribution in [0.1, 0.15) is 16.2 Å². The summed E-state index contributed by atoms with van der Waals surface area (Å²) >= 11 is 0. The maximum atomic E-state index is 12.1. The molecule has 0 bridgehead atoms. The molecule has 2 aromatic rings. The molecule has 0 radical (unpaired) electrons. The van der Waals surface area contributed by atoms with Crippen molar-refractivity contribution in [2.75, 3.05) is 0 Å². The van der Waals surface area contributed by atoms with E-state index in [2.05, 4.69) is 15.2 Å². The summed E-state index contributed by atoms with van der Waals surface area (Å²) in [6.45, 7) is 1.84. The number of aromatic amines is 1. The number of amides is 1. The van der Waals surface area contributed by atoms with E-state index in [1.165, 1.54) is 12.1 Å². The molecule has 0 saturated carbocycles. The quantitative estimate of drug-likeness (QED) is 0.813. The predicted molar refractivity (Wildman–Crippen MR) is 61.5 cm³/mol. The van der Waals surface area contributed by atoms with E-state index in [9.17, 15) is 13.2 Å². The van der Waals surface area contributed by atoms with Crippen LogP contribution in [-0.2, 0) is 9.84 Å². The van der Waals surface area contributed by atoms with Crippen molar-refractivity contribution in [1.82, 2.24) is 15.2 Å². The molecule has 0 spiro atoms. The number of aryl methyl sites for hydroxylation is 1. The summed E-state index contributed by atoms with van der Waals surface area (Å²) in [5, 5.41) is 5.22. The normalized spacial score (nSPS) is 11.4. The molecule has 8 heteroatoms. The van der Waals surface area contributed by atoms with Crippen molar-refractivity contribution < 1.29 is 13.2 Å². The van der Waals surface area contributed by atoms with E-state index in [4.69, 9.17) is 5.73 Å². The molecule has 1 aromatic heterocycles. The number of rotatable bonds is 3. The molecule has 0 fully saturated rings. The van der Waals surface area contributed by atoms with Crippen molar-refractivity contribution in [3.8, 4) is 0 Å². The fourth-order valence-corrected chi connectivity index (χ4v) is 2.40. The number of sulfone groups is 1. The molecule has 0 unspecified atom stereocenters. The number of aromatic nitrogens is 3. The van der Waals surface area contributed by atoms with Crippen molar-refractivity contribution in [1.29, 1.82) is 0 Å². The van der Waals surface area contributed by atoms with Crippen LogP contribution in [0.3, 0.4) is 0 Å². The Morgan fingerprint density at radius 1 is 1.28 bits per heavy atom. The fraction of sp³-hybridized carbons (Fsp3) is 0.100. The molecule has 0 aliphatic carbocycles. The van der Waals surface area contributed by atoms with E-state index in [-0.39, 0.29) is 10.7 Å². The summed E-state index contributed by atoms with van der Waals surface area (Å²) in [4.78, 5) is 14.4. The zero-order valence-corrected chi connectivity index (χ0v) is 10.2. The summed E-state index contributed by atoms with van der Waals surface area (Å²) in [7, 11) is -3.81. The molecule has 94 valence electrons. The van der Waals surface area contributed by atoms with Gasteiger partial charge >= 0.3 is 0 Å². The van der Waals surface area contributed by atoms with Crippen molar-refractivity contribution in [2.45, 2.75) is 17.0 Å². The van der Waals surface area contributed by atoms with Gasteiger partial charge in [0.15, 0.2) is 0 Å². The summed E-state index contributed by atoms with van der Waals surface area (Å²) in [6, 6.07) is 6.24. The van der Waals surface area contributed by atoms with Gasteiger partial charge in [0.05, 0.1) is 4.90 Å². The lowest BCUT2D eigenvalue weighted by molar-refractivity contribution is 0.0990. The molecule has 0 aliphatic rings. The first-order valence-electron chi connectivity index (χ1n) is 4.95. The highest BCUT2D eigenvalue weighted by Gasteiger charge is 2.23. The molecule has 1 amide bonds. The Labute approximate surface area is 103 Å². The van der Waals surface area contributed by atoms with Gasteiger partial charge in [-0.15, -0.1) is 5.10 Å². The number of carbonyl (C=O) groups is 1. The Bertz CT molecular complexity index is 688. The standard InChI is InChI=1S/C10H10N4O3S/c1-6-2-4-7(5-3-6)18(16,17)10-12-9(8(11)15)13-14-10/h2-5H,1H3,(H2,11,15)(H,12,13,14). The van der Waals surface area contributed by atoms with E-state index >= 15 is 0 Å². The number of hydrogen-bond acceptors (Lipinski definition) is 5. The Kier molecular flexibility index (Phi) is 2.87. The van der Waals surface area contributed by atoms with E-state index < -0.39 is 20.9 Å². The van der Waals surface area contributed by atoms with Gasteiger partial charge < -0.3 is 5.73 Å². The van der Waals surface area contributed by atoms with Crippen LogP contribution in [0.5, 0.6) is 0 Å². The lowest BCUT2D eigenvalue weighted by Crippen LogP contribution is -2.13. The van der Waals surface area contributed by atoms with Crippen molar-refractivity contribution in [2.24, 2.45) is 5.73 Å². The molecule has 0 aliphatic heterocycles. The van der Waals surface area contributed by atoms with Crippen LogP contribution in [0.25, 0.3) is 0 Å².